The smallest absolute Gasteiger partial charge is 0.292 e. The predicted molar refractivity (Wildman–Crippen MR) is 119 cm³/mol. The van der Waals surface area contributed by atoms with Crippen molar-refractivity contribution in [2.75, 3.05) is 4.90 Å². The molecule has 0 amide bonds. The van der Waals surface area contributed by atoms with Gasteiger partial charge in [-0.05, 0) is 60.4 Å². The second kappa shape index (κ2) is 6.84. The minimum absolute atomic E-state index is 0.0671. The maximum Gasteiger partial charge on any atom is 0.292 e. The summed E-state index contributed by atoms with van der Waals surface area (Å²) in [7, 11) is 0. The SMILES string of the molecule is CCCCc1ccc2c(c1)-[n+]1ccc3cccc4c3c1N(C2O)C(CC)(CC)C4. The molecule has 2 aliphatic rings. The molecule has 1 aromatic heterocycles. The highest BCUT2D eigenvalue weighted by atomic mass is 16.3. The van der Waals surface area contributed by atoms with Crippen molar-refractivity contribution >= 4 is 16.6 Å². The van der Waals surface area contributed by atoms with E-state index in [4.69, 9.17) is 0 Å². The topological polar surface area (TPSA) is 27.4 Å². The number of aliphatic hydroxyl groups is 1. The van der Waals surface area contributed by atoms with Crippen LogP contribution in [0.2, 0.25) is 0 Å². The molecule has 0 spiro atoms. The van der Waals surface area contributed by atoms with Gasteiger partial charge in [0.05, 0.1) is 17.1 Å². The average Bonchev–Trinajstić information content (AvgIpc) is 2.76. The highest BCUT2D eigenvalue weighted by molar-refractivity contribution is 5.96. The van der Waals surface area contributed by atoms with E-state index in [9.17, 15) is 5.11 Å². The fraction of sp³-hybridized carbons (Fsp3) is 0.423. The van der Waals surface area contributed by atoms with Crippen molar-refractivity contribution in [2.45, 2.75) is 71.1 Å². The van der Waals surface area contributed by atoms with Gasteiger partial charge in [-0.1, -0.05) is 51.5 Å². The van der Waals surface area contributed by atoms with E-state index in [1.807, 2.05) is 0 Å². The van der Waals surface area contributed by atoms with Crippen molar-refractivity contribution in [3.05, 3.63) is 65.4 Å². The summed E-state index contributed by atoms with van der Waals surface area (Å²) in [6.07, 6.45) is 8.07. The van der Waals surface area contributed by atoms with Gasteiger partial charge < -0.3 is 5.11 Å². The van der Waals surface area contributed by atoms with Gasteiger partial charge in [0.15, 0.2) is 0 Å². The van der Waals surface area contributed by atoms with Crippen molar-refractivity contribution in [2.24, 2.45) is 0 Å². The molecular formula is C26H31N2O+. The molecule has 1 N–H and O–H groups in total. The highest BCUT2D eigenvalue weighted by Gasteiger charge is 2.53. The zero-order chi connectivity index (χ0) is 20.2. The molecule has 2 aromatic carbocycles. The third kappa shape index (κ3) is 2.56. The van der Waals surface area contributed by atoms with Crippen LogP contribution in [0.3, 0.4) is 0 Å². The molecule has 2 aliphatic heterocycles. The van der Waals surface area contributed by atoms with Crippen LogP contribution in [-0.4, -0.2) is 10.6 Å². The molecule has 3 heterocycles. The van der Waals surface area contributed by atoms with Gasteiger partial charge in [-0.2, -0.15) is 4.57 Å². The Balaban J connectivity index is 1.82. The summed E-state index contributed by atoms with van der Waals surface area (Å²) in [5.41, 5.74) is 4.85. The van der Waals surface area contributed by atoms with Crippen molar-refractivity contribution < 1.29 is 9.67 Å². The van der Waals surface area contributed by atoms with Gasteiger partial charge in [-0.3, -0.25) is 0 Å². The van der Waals surface area contributed by atoms with E-state index in [0.717, 1.165) is 36.9 Å². The number of aryl methyl sites for hydroxylation is 1. The molecule has 3 aromatic rings. The summed E-state index contributed by atoms with van der Waals surface area (Å²) in [5.74, 6) is 1.17. The van der Waals surface area contributed by atoms with E-state index >= 15 is 0 Å². The quantitative estimate of drug-likeness (QED) is 0.595. The molecule has 0 radical (unpaired) electrons. The van der Waals surface area contributed by atoms with Crippen molar-refractivity contribution in [1.29, 1.82) is 0 Å². The maximum absolute atomic E-state index is 11.6. The maximum atomic E-state index is 11.6. The molecule has 150 valence electrons. The summed E-state index contributed by atoms with van der Waals surface area (Å²) in [5, 5.41) is 14.2. The number of nitrogens with zero attached hydrogens (tertiary/aromatic N) is 2. The van der Waals surface area contributed by atoms with E-state index in [1.165, 1.54) is 40.6 Å². The van der Waals surface area contributed by atoms with Crippen LogP contribution < -0.4 is 9.47 Å². The third-order valence-corrected chi connectivity index (χ3v) is 7.31. The number of hydrogen-bond acceptors (Lipinski definition) is 2. The first-order valence-corrected chi connectivity index (χ1v) is 11.2. The summed E-state index contributed by atoms with van der Waals surface area (Å²) in [6, 6.07) is 15.5. The molecule has 0 saturated heterocycles. The first-order valence-electron chi connectivity index (χ1n) is 11.2. The molecule has 3 nitrogen and oxygen atoms in total. The molecule has 1 atom stereocenters. The van der Waals surface area contributed by atoms with E-state index in [2.05, 4.69) is 78.9 Å². The molecule has 0 bridgehead atoms. The van der Waals surface area contributed by atoms with Crippen LogP contribution in [0.15, 0.2) is 48.7 Å². The van der Waals surface area contributed by atoms with E-state index in [0.29, 0.717) is 0 Å². The highest BCUT2D eigenvalue weighted by Crippen LogP contribution is 2.48. The number of aliphatic hydroxyl groups excluding tert-OH is 1. The van der Waals surface area contributed by atoms with Crippen LogP contribution in [0.5, 0.6) is 0 Å². The molecular weight excluding hydrogens is 356 g/mol. The fourth-order valence-corrected chi connectivity index (χ4v) is 5.53. The van der Waals surface area contributed by atoms with E-state index in [-0.39, 0.29) is 5.54 Å². The normalized spacial score (nSPS) is 18.8. The fourth-order valence-electron chi connectivity index (χ4n) is 5.53. The monoisotopic (exact) mass is 387 g/mol. The number of pyridine rings is 1. The summed E-state index contributed by atoms with van der Waals surface area (Å²) >= 11 is 0. The Morgan fingerprint density at radius 1 is 1.10 bits per heavy atom. The van der Waals surface area contributed by atoms with E-state index in [1.54, 1.807) is 0 Å². The Bertz CT molecular complexity index is 1080. The Morgan fingerprint density at radius 3 is 2.69 bits per heavy atom. The van der Waals surface area contributed by atoms with Crippen LogP contribution in [0.25, 0.3) is 16.5 Å². The molecule has 1 unspecified atom stereocenters. The molecule has 0 aliphatic carbocycles. The summed E-state index contributed by atoms with van der Waals surface area (Å²) in [6.45, 7) is 6.76. The number of anilines is 1. The minimum Gasteiger partial charge on any atom is -0.352 e. The predicted octanol–water partition coefficient (Wildman–Crippen LogP) is 5.38. The third-order valence-electron chi connectivity index (χ3n) is 7.31. The molecule has 29 heavy (non-hydrogen) atoms. The zero-order valence-corrected chi connectivity index (χ0v) is 17.8. The minimum atomic E-state index is -0.607. The first kappa shape index (κ1) is 18.6. The van der Waals surface area contributed by atoms with Gasteiger partial charge in [0.2, 0.25) is 6.23 Å². The van der Waals surface area contributed by atoms with Crippen molar-refractivity contribution in [3.8, 4) is 5.69 Å². The summed E-state index contributed by atoms with van der Waals surface area (Å²) in [4.78, 5) is 2.33. The number of rotatable bonds is 5. The first-order chi connectivity index (χ1) is 14.1. The Hall–Kier alpha value is -2.39. The number of fused-ring (bicyclic) bond motifs is 2. The lowest BCUT2D eigenvalue weighted by molar-refractivity contribution is -0.586. The van der Waals surface area contributed by atoms with Gasteiger partial charge in [0.25, 0.3) is 5.82 Å². The standard InChI is InChI=1S/C26H31N2O/c1-4-7-9-18-12-13-21-22(16-18)27-15-14-19-10-8-11-20-17-26(5-2,6-3)28(25(21)29)24(27)23(19)20/h8,10-16,25,29H,4-7,9,17H2,1-3H3/q+1. The Labute approximate surface area is 173 Å². The molecule has 5 rings (SSSR count). The molecule has 0 fully saturated rings. The van der Waals surface area contributed by atoms with Crippen LogP contribution >= 0.6 is 0 Å². The lowest BCUT2D eigenvalue weighted by Gasteiger charge is -2.46. The van der Waals surface area contributed by atoms with Gasteiger partial charge in [0.1, 0.15) is 11.2 Å². The van der Waals surface area contributed by atoms with Gasteiger partial charge in [0, 0.05) is 6.42 Å². The van der Waals surface area contributed by atoms with Crippen LogP contribution in [0.4, 0.5) is 5.82 Å². The van der Waals surface area contributed by atoms with Crippen LogP contribution in [-0.2, 0) is 12.8 Å². The Morgan fingerprint density at radius 2 is 1.93 bits per heavy atom. The summed E-state index contributed by atoms with van der Waals surface area (Å²) < 4.78 is 2.34. The molecule has 3 heteroatoms. The van der Waals surface area contributed by atoms with Gasteiger partial charge >= 0.3 is 0 Å². The van der Waals surface area contributed by atoms with Crippen LogP contribution in [0, 0.1) is 0 Å². The van der Waals surface area contributed by atoms with Crippen LogP contribution in [0.1, 0.15) is 69.4 Å². The lowest BCUT2D eigenvalue weighted by Crippen LogP contribution is -2.60. The Kier molecular flexibility index (Phi) is 4.40. The van der Waals surface area contributed by atoms with E-state index < -0.39 is 6.23 Å². The molecule has 0 saturated carbocycles. The average molecular weight is 388 g/mol. The largest absolute Gasteiger partial charge is 0.352 e. The number of unbranched alkanes of at least 4 members (excludes halogenated alkanes) is 1. The van der Waals surface area contributed by atoms with Crippen molar-refractivity contribution in [1.82, 2.24) is 0 Å². The lowest BCUT2D eigenvalue weighted by atomic mass is 9.78. The van der Waals surface area contributed by atoms with Crippen molar-refractivity contribution in [3.63, 3.8) is 0 Å². The second-order valence-electron chi connectivity index (χ2n) is 8.74. The van der Waals surface area contributed by atoms with Gasteiger partial charge in [-0.25, -0.2) is 4.90 Å². The number of aromatic nitrogens is 1. The number of benzene rings is 2. The second-order valence-corrected chi connectivity index (χ2v) is 8.74. The zero-order valence-electron chi connectivity index (χ0n) is 17.8. The number of hydrogen-bond donors (Lipinski definition) is 1. The van der Waals surface area contributed by atoms with Gasteiger partial charge in [-0.15, -0.1) is 0 Å².